The molecule has 172 valence electrons. The number of phenolic OH excluding ortho intramolecular Hbond substituents is 1. The Morgan fingerprint density at radius 1 is 1.03 bits per heavy atom. The van der Waals surface area contributed by atoms with Gasteiger partial charge >= 0.3 is 0 Å². The number of hydrogen-bond acceptors (Lipinski definition) is 2. The van der Waals surface area contributed by atoms with E-state index in [1.165, 1.54) is 36.0 Å². The number of aromatic hydroxyl groups is 1. The molecule has 0 aliphatic heterocycles. The van der Waals surface area contributed by atoms with Gasteiger partial charge < -0.3 is 10.4 Å². The molecule has 2 aromatic carbocycles. The standard InChI is InChI=1S/C30H35NO2/c1-21(15-16-26-23(3)12-9-19-30(26,4)5)10-8-11-22(2)20-29(33)31-27-17-18-28(32)25-14-7-6-13-24(25)27/h6-8,10-11,13-18,20,32H,9,12,19H2,1-5H3,(H,31,33)/b11-8+,16-15+,21-10+,22-20+. The Hall–Kier alpha value is -3.33. The molecule has 0 bridgehead atoms. The van der Waals surface area contributed by atoms with E-state index in [0.29, 0.717) is 11.1 Å². The molecule has 0 aromatic heterocycles. The maximum Gasteiger partial charge on any atom is 0.248 e. The zero-order valence-corrected chi connectivity index (χ0v) is 20.4. The van der Waals surface area contributed by atoms with E-state index in [2.05, 4.69) is 51.2 Å². The van der Waals surface area contributed by atoms with Crippen LogP contribution >= 0.6 is 0 Å². The predicted octanol–water partition coefficient (Wildman–Crippen LogP) is 8.02. The molecule has 0 radical (unpaired) electrons. The molecule has 1 aliphatic carbocycles. The van der Waals surface area contributed by atoms with Crippen LogP contribution in [0.2, 0.25) is 0 Å². The molecule has 2 aromatic rings. The molecule has 0 fully saturated rings. The molecule has 0 saturated carbocycles. The normalized spacial score (nSPS) is 17.4. The molecule has 3 rings (SSSR count). The third-order valence-electron chi connectivity index (χ3n) is 6.29. The van der Waals surface area contributed by atoms with Crippen LogP contribution in [-0.2, 0) is 4.79 Å². The van der Waals surface area contributed by atoms with Crippen LogP contribution < -0.4 is 5.32 Å². The van der Waals surface area contributed by atoms with Crippen LogP contribution in [0.15, 0.2) is 95.1 Å². The van der Waals surface area contributed by atoms with Crippen LogP contribution in [0.3, 0.4) is 0 Å². The Bertz CT molecular complexity index is 1190. The van der Waals surface area contributed by atoms with Crippen molar-refractivity contribution in [1.82, 2.24) is 0 Å². The summed E-state index contributed by atoms with van der Waals surface area (Å²) < 4.78 is 0. The molecule has 1 aliphatic rings. The fourth-order valence-corrected chi connectivity index (χ4v) is 4.45. The largest absolute Gasteiger partial charge is 0.507 e. The van der Waals surface area contributed by atoms with Crippen LogP contribution in [0.4, 0.5) is 5.69 Å². The molecule has 3 nitrogen and oxygen atoms in total. The maximum atomic E-state index is 12.5. The van der Waals surface area contributed by atoms with Crippen LogP contribution in [0.25, 0.3) is 10.8 Å². The Morgan fingerprint density at radius 3 is 2.48 bits per heavy atom. The molecule has 0 heterocycles. The van der Waals surface area contributed by atoms with Gasteiger partial charge in [0.25, 0.3) is 0 Å². The second kappa shape index (κ2) is 10.5. The van der Waals surface area contributed by atoms with E-state index < -0.39 is 0 Å². The predicted molar refractivity (Wildman–Crippen MR) is 140 cm³/mol. The summed E-state index contributed by atoms with van der Waals surface area (Å²) in [6.45, 7) is 10.9. The van der Waals surface area contributed by atoms with E-state index in [4.69, 9.17) is 0 Å². The van der Waals surface area contributed by atoms with Crippen molar-refractivity contribution in [1.29, 1.82) is 0 Å². The van der Waals surface area contributed by atoms with Gasteiger partial charge in [0.2, 0.25) is 5.91 Å². The highest BCUT2D eigenvalue weighted by atomic mass is 16.3. The molecular weight excluding hydrogens is 406 g/mol. The topological polar surface area (TPSA) is 49.3 Å². The van der Waals surface area contributed by atoms with Gasteiger partial charge in [0, 0.05) is 22.5 Å². The monoisotopic (exact) mass is 441 g/mol. The lowest BCUT2D eigenvalue weighted by Gasteiger charge is -2.32. The van der Waals surface area contributed by atoms with Gasteiger partial charge in [-0.1, -0.05) is 79.6 Å². The number of amides is 1. The number of allylic oxidation sites excluding steroid dienone is 9. The van der Waals surface area contributed by atoms with E-state index in [-0.39, 0.29) is 17.1 Å². The van der Waals surface area contributed by atoms with Gasteiger partial charge in [-0.25, -0.2) is 0 Å². The number of anilines is 1. The lowest BCUT2D eigenvalue weighted by molar-refractivity contribution is -0.111. The van der Waals surface area contributed by atoms with Crippen molar-refractivity contribution in [2.45, 2.75) is 53.9 Å². The highest BCUT2D eigenvalue weighted by Gasteiger charge is 2.26. The van der Waals surface area contributed by atoms with Gasteiger partial charge in [0.1, 0.15) is 5.75 Å². The average molecular weight is 442 g/mol. The SMILES string of the molecule is CC1=C(/C=C/C(C)=C/C=C/C(C)=C/C(=O)Nc2ccc(O)c3ccccc23)C(C)(C)CCC1. The first-order chi connectivity index (χ1) is 15.7. The van der Waals surface area contributed by atoms with Crippen molar-refractivity contribution >= 4 is 22.4 Å². The Balaban J connectivity index is 1.65. The summed E-state index contributed by atoms with van der Waals surface area (Å²) in [5, 5.41) is 14.5. The van der Waals surface area contributed by atoms with E-state index in [9.17, 15) is 9.90 Å². The summed E-state index contributed by atoms with van der Waals surface area (Å²) in [5.74, 6) is 0.00324. The first kappa shape index (κ1) is 24.3. The summed E-state index contributed by atoms with van der Waals surface area (Å²) in [6, 6.07) is 10.8. The van der Waals surface area contributed by atoms with Gasteiger partial charge in [-0.3, -0.25) is 4.79 Å². The number of carbonyl (C=O) groups is 1. The molecule has 33 heavy (non-hydrogen) atoms. The number of phenols is 1. The lowest BCUT2D eigenvalue weighted by atomic mass is 9.72. The smallest absolute Gasteiger partial charge is 0.248 e. The third-order valence-corrected chi connectivity index (χ3v) is 6.29. The zero-order chi connectivity index (χ0) is 24.0. The number of rotatable bonds is 6. The van der Waals surface area contributed by atoms with Crippen molar-refractivity contribution in [2.24, 2.45) is 5.41 Å². The summed E-state index contributed by atoms with van der Waals surface area (Å²) in [4.78, 5) is 12.5. The van der Waals surface area contributed by atoms with Crippen molar-refractivity contribution < 1.29 is 9.90 Å². The summed E-state index contributed by atoms with van der Waals surface area (Å²) in [7, 11) is 0. The minimum absolute atomic E-state index is 0.199. The van der Waals surface area contributed by atoms with E-state index in [0.717, 1.165) is 11.0 Å². The van der Waals surface area contributed by atoms with Gasteiger partial charge in [0.05, 0.1) is 0 Å². The van der Waals surface area contributed by atoms with Crippen LogP contribution in [0, 0.1) is 5.41 Å². The molecule has 0 atom stereocenters. The Kier molecular flexibility index (Phi) is 7.75. The van der Waals surface area contributed by atoms with E-state index in [1.807, 2.05) is 43.3 Å². The fraction of sp³-hybridized carbons (Fsp3) is 0.300. The molecule has 0 spiro atoms. The van der Waals surface area contributed by atoms with Crippen molar-refractivity contribution in [3.8, 4) is 5.75 Å². The number of carbonyl (C=O) groups excluding carboxylic acids is 1. The third kappa shape index (κ3) is 6.35. The molecule has 0 unspecified atom stereocenters. The molecule has 2 N–H and O–H groups in total. The minimum atomic E-state index is -0.199. The summed E-state index contributed by atoms with van der Waals surface area (Å²) in [6.07, 6.45) is 15.7. The van der Waals surface area contributed by atoms with Gasteiger partial charge in [-0.15, -0.1) is 0 Å². The zero-order valence-electron chi connectivity index (χ0n) is 20.4. The number of nitrogens with one attached hydrogen (secondary N) is 1. The summed E-state index contributed by atoms with van der Waals surface area (Å²) >= 11 is 0. The highest BCUT2D eigenvalue weighted by Crippen LogP contribution is 2.40. The van der Waals surface area contributed by atoms with E-state index >= 15 is 0 Å². The number of hydrogen-bond donors (Lipinski definition) is 2. The molecule has 3 heteroatoms. The van der Waals surface area contributed by atoms with Gasteiger partial charge in [-0.2, -0.15) is 0 Å². The minimum Gasteiger partial charge on any atom is -0.507 e. The summed E-state index contributed by atoms with van der Waals surface area (Å²) in [5.41, 5.74) is 5.90. The van der Waals surface area contributed by atoms with Gasteiger partial charge in [-0.05, 0) is 68.7 Å². The molecule has 0 saturated heterocycles. The maximum absolute atomic E-state index is 12.5. The first-order valence-corrected chi connectivity index (χ1v) is 11.6. The Labute approximate surface area is 197 Å². The van der Waals surface area contributed by atoms with Gasteiger partial charge in [0.15, 0.2) is 0 Å². The van der Waals surface area contributed by atoms with Crippen molar-refractivity contribution in [3.63, 3.8) is 0 Å². The van der Waals surface area contributed by atoms with E-state index in [1.54, 1.807) is 18.2 Å². The second-order valence-corrected chi connectivity index (χ2v) is 9.59. The highest BCUT2D eigenvalue weighted by molar-refractivity contribution is 6.07. The number of benzene rings is 2. The lowest BCUT2D eigenvalue weighted by Crippen LogP contribution is -2.19. The van der Waals surface area contributed by atoms with Crippen molar-refractivity contribution in [3.05, 3.63) is 95.1 Å². The quantitative estimate of drug-likeness (QED) is 0.271. The number of fused-ring (bicyclic) bond motifs is 1. The average Bonchev–Trinajstić information content (AvgIpc) is 2.75. The Morgan fingerprint density at radius 2 is 1.76 bits per heavy atom. The van der Waals surface area contributed by atoms with Crippen LogP contribution in [0.1, 0.15) is 53.9 Å². The molecule has 1 amide bonds. The molecular formula is C30H35NO2. The second-order valence-electron chi connectivity index (χ2n) is 9.59. The van der Waals surface area contributed by atoms with Crippen LogP contribution in [-0.4, -0.2) is 11.0 Å². The van der Waals surface area contributed by atoms with Crippen molar-refractivity contribution in [2.75, 3.05) is 5.32 Å². The first-order valence-electron chi connectivity index (χ1n) is 11.6. The van der Waals surface area contributed by atoms with Crippen LogP contribution in [0.5, 0.6) is 5.75 Å². The fourth-order valence-electron chi connectivity index (χ4n) is 4.45.